The van der Waals surface area contributed by atoms with Gasteiger partial charge in [-0.2, -0.15) is 5.10 Å². The summed E-state index contributed by atoms with van der Waals surface area (Å²) in [5.74, 6) is -2.47. The van der Waals surface area contributed by atoms with Crippen LogP contribution in [0, 0.1) is 11.8 Å². The number of hydrazone groups is 1. The Bertz CT molecular complexity index is 2250. The van der Waals surface area contributed by atoms with Crippen molar-refractivity contribution in [3.63, 3.8) is 0 Å². The smallest absolute Gasteiger partial charge is 0.271 e. The van der Waals surface area contributed by atoms with Crippen LogP contribution in [0.25, 0.3) is 21.5 Å². The summed E-state index contributed by atoms with van der Waals surface area (Å²) in [6.07, 6.45) is 1.71. The first-order chi connectivity index (χ1) is 22.6. The first kappa shape index (κ1) is 26.5. The van der Waals surface area contributed by atoms with E-state index >= 15 is 0 Å². The van der Waals surface area contributed by atoms with Gasteiger partial charge in [-0.15, -0.1) is 0 Å². The highest BCUT2D eigenvalue weighted by molar-refractivity contribution is 6.27. The molecule has 1 heterocycles. The average molecular weight is 598 g/mol. The quantitative estimate of drug-likeness (QED) is 0.136. The molecule has 1 fully saturated rings. The van der Waals surface area contributed by atoms with E-state index in [0.717, 1.165) is 43.8 Å². The number of rotatable bonds is 4. The normalized spacial score (nSPS) is 22.7. The van der Waals surface area contributed by atoms with Crippen molar-refractivity contribution in [2.75, 3.05) is 4.90 Å². The summed E-state index contributed by atoms with van der Waals surface area (Å²) in [7, 11) is 0. The van der Waals surface area contributed by atoms with Crippen LogP contribution in [0.15, 0.2) is 139 Å². The maximum Gasteiger partial charge on any atom is 0.271 e. The van der Waals surface area contributed by atoms with Crippen molar-refractivity contribution >= 4 is 51.2 Å². The first-order valence-electron chi connectivity index (χ1n) is 15.5. The number of fused-ring (bicyclic) bond motifs is 2. The third-order valence-electron chi connectivity index (χ3n) is 10.2. The van der Waals surface area contributed by atoms with Crippen LogP contribution in [0.1, 0.15) is 38.5 Å². The number of anilines is 1. The van der Waals surface area contributed by atoms with Crippen LogP contribution in [-0.4, -0.2) is 23.9 Å². The van der Waals surface area contributed by atoms with Gasteiger partial charge in [0, 0.05) is 23.1 Å². The lowest BCUT2D eigenvalue weighted by Crippen LogP contribution is -2.54. The molecule has 4 aliphatic rings. The molecular formula is C40H27N3O3. The molecule has 0 aromatic heterocycles. The highest BCUT2D eigenvalue weighted by Crippen LogP contribution is 2.63. The number of carbonyl (C=O) groups is 3. The maximum atomic E-state index is 14.8. The predicted octanol–water partition coefficient (Wildman–Crippen LogP) is 6.96. The van der Waals surface area contributed by atoms with Gasteiger partial charge in [0.05, 0.1) is 22.9 Å². The van der Waals surface area contributed by atoms with Gasteiger partial charge in [0.1, 0.15) is 0 Å². The number of nitrogens with zero attached hydrogens (tertiary/aromatic N) is 2. The first-order valence-corrected chi connectivity index (χ1v) is 15.5. The van der Waals surface area contributed by atoms with E-state index in [1.807, 2.05) is 115 Å². The standard InChI is InChI=1S/C40H27N3O3/c44-37(28-19-9-13-24-11-1-3-15-26(24)28)42-41-23-40-31-20-7-5-17-29(31)34(30-18-6-8-21-32(30)40)35-36(40)39(46)43(38(35)45)33-22-10-14-25-12-2-4-16-27(25)33/h1-23,34-36H,(H,42,44)/b41-23-/t34?,35-,36-,40?/m1/s1. The van der Waals surface area contributed by atoms with Gasteiger partial charge in [0.2, 0.25) is 11.8 Å². The molecule has 3 amide bonds. The van der Waals surface area contributed by atoms with Crippen LogP contribution in [0.4, 0.5) is 5.69 Å². The molecule has 0 radical (unpaired) electrons. The summed E-state index contributed by atoms with van der Waals surface area (Å²) in [6.45, 7) is 0. The van der Waals surface area contributed by atoms with Gasteiger partial charge < -0.3 is 0 Å². The Morgan fingerprint density at radius 2 is 1.22 bits per heavy atom. The second kappa shape index (κ2) is 9.81. The highest BCUT2D eigenvalue weighted by atomic mass is 16.2. The second-order valence-electron chi connectivity index (χ2n) is 12.3. The molecule has 220 valence electrons. The van der Waals surface area contributed by atoms with Crippen LogP contribution in [0.3, 0.4) is 0 Å². The third-order valence-corrected chi connectivity index (χ3v) is 10.2. The zero-order chi connectivity index (χ0) is 31.0. The zero-order valence-corrected chi connectivity index (χ0v) is 24.6. The van der Waals surface area contributed by atoms with Crippen molar-refractivity contribution in [2.24, 2.45) is 16.9 Å². The van der Waals surface area contributed by atoms with Gasteiger partial charge in [-0.1, -0.05) is 121 Å². The minimum Gasteiger partial charge on any atom is -0.274 e. The zero-order valence-electron chi connectivity index (χ0n) is 24.6. The summed E-state index contributed by atoms with van der Waals surface area (Å²) in [5, 5.41) is 8.19. The van der Waals surface area contributed by atoms with E-state index in [1.165, 1.54) is 4.90 Å². The minimum atomic E-state index is -1.08. The van der Waals surface area contributed by atoms with E-state index in [0.29, 0.717) is 11.3 Å². The van der Waals surface area contributed by atoms with Gasteiger partial charge >= 0.3 is 0 Å². The Morgan fingerprint density at radius 1 is 0.652 bits per heavy atom. The number of hydrogen-bond acceptors (Lipinski definition) is 4. The molecule has 2 atom stereocenters. The number of carbonyl (C=O) groups excluding carboxylic acids is 3. The van der Waals surface area contributed by atoms with Crippen molar-refractivity contribution in [1.29, 1.82) is 0 Å². The van der Waals surface area contributed by atoms with Crippen LogP contribution < -0.4 is 10.3 Å². The second-order valence-corrected chi connectivity index (χ2v) is 12.3. The number of amides is 3. The SMILES string of the molecule is O=C(N/N=C\C12c3ccccc3C(c3ccccc31)[C@H]1C(=O)N(c3cccc4ccccc34)C(=O)[C@@H]12)c1cccc2ccccc12. The monoisotopic (exact) mass is 597 g/mol. The lowest BCUT2D eigenvalue weighted by atomic mass is 9.47. The molecule has 6 heteroatoms. The maximum absolute atomic E-state index is 14.8. The van der Waals surface area contributed by atoms with Gasteiger partial charge in [0.15, 0.2) is 0 Å². The summed E-state index contributed by atoms with van der Waals surface area (Å²) >= 11 is 0. The molecule has 1 aliphatic heterocycles. The summed E-state index contributed by atoms with van der Waals surface area (Å²) in [6, 6.07) is 42.9. The van der Waals surface area contributed by atoms with Crippen LogP contribution >= 0.6 is 0 Å². The lowest BCUT2D eigenvalue weighted by molar-refractivity contribution is -0.122. The Balaban J connectivity index is 1.21. The van der Waals surface area contributed by atoms with E-state index in [4.69, 9.17) is 0 Å². The van der Waals surface area contributed by atoms with Crippen LogP contribution in [0.2, 0.25) is 0 Å². The van der Waals surface area contributed by atoms with Crippen LogP contribution in [-0.2, 0) is 15.0 Å². The largest absolute Gasteiger partial charge is 0.274 e. The molecule has 0 saturated carbocycles. The molecule has 6 aromatic rings. The fourth-order valence-corrected chi connectivity index (χ4v) is 8.37. The Labute approximate surface area is 265 Å². The molecule has 1 N–H and O–H groups in total. The summed E-state index contributed by atoms with van der Waals surface area (Å²) < 4.78 is 0. The van der Waals surface area contributed by atoms with Gasteiger partial charge in [-0.05, 0) is 50.5 Å². The number of nitrogens with one attached hydrogen (secondary N) is 1. The van der Waals surface area contributed by atoms with Crippen molar-refractivity contribution < 1.29 is 14.4 Å². The molecule has 1 saturated heterocycles. The van der Waals surface area contributed by atoms with Crippen molar-refractivity contribution in [3.05, 3.63) is 161 Å². The van der Waals surface area contributed by atoms with E-state index in [9.17, 15) is 14.4 Å². The number of imide groups is 1. The number of hydrogen-bond donors (Lipinski definition) is 1. The number of benzene rings is 6. The molecule has 6 nitrogen and oxygen atoms in total. The lowest BCUT2D eigenvalue weighted by Gasteiger charge is -2.52. The average Bonchev–Trinajstić information content (AvgIpc) is 3.38. The molecule has 46 heavy (non-hydrogen) atoms. The fraction of sp³-hybridized carbons (Fsp3) is 0.100. The fourth-order valence-electron chi connectivity index (χ4n) is 8.37. The highest BCUT2D eigenvalue weighted by Gasteiger charge is 2.68. The van der Waals surface area contributed by atoms with E-state index < -0.39 is 17.3 Å². The molecule has 0 unspecified atom stereocenters. The molecular weight excluding hydrogens is 570 g/mol. The topological polar surface area (TPSA) is 78.8 Å². The molecule has 0 spiro atoms. The van der Waals surface area contributed by atoms with Gasteiger partial charge in [0.25, 0.3) is 5.91 Å². The van der Waals surface area contributed by atoms with Crippen molar-refractivity contribution in [2.45, 2.75) is 11.3 Å². The predicted molar refractivity (Wildman–Crippen MR) is 179 cm³/mol. The summed E-state index contributed by atoms with van der Waals surface area (Å²) in [5.41, 5.74) is 6.68. The molecule has 3 aliphatic carbocycles. The van der Waals surface area contributed by atoms with E-state index in [1.54, 1.807) is 12.3 Å². The molecule has 2 bridgehead atoms. The van der Waals surface area contributed by atoms with Gasteiger partial charge in [-0.25, -0.2) is 10.3 Å². The van der Waals surface area contributed by atoms with Gasteiger partial charge in [-0.3, -0.25) is 14.4 Å². The Hall–Kier alpha value is -5.88. The Kier molecular flexibility index (Phi) is 5.66. The summed E-state index contributed by atoms with van der Waals surface area (Å²) in [4.78, 5) is 44.4. The van der Waals surface area contributed by atoms with Crippen molar-refractivity contribution in [1.82, 2.24) is 5.43 Å². The minimum absolute atomic E-state index is 0.210. The third kappa shape index (κ3) is 3.47. The van der Waals surface area contributed by atoms with E-state index in [-0.39, 0.29) is 23.6 Å². The van der Waals surface area contributed by atoms with Crippen LogP contribution in [0.5, 0.6) is 0 Å². The molecule has 6 aromatic carbocycles. The Morgan fingerprint density at radius 3 is 1.93 bits per heavy atom. The molecule has 10 rings (SSSR count). The van der Waals surface area contributed by atoms with E-state index in [2.05, 4.69) is 22.7 Å². The van der Waals surface area contributed by atoms with Crippen molar-refractivity contribution in [3.8, 4) is 0 Å².